The molecule has 2 aliphatic heterocycles. The maximum atomic E-state index is 13.1. The third-order valence-electron chi connectivity index (χ3n) is 5.48. The van der Waals surface area contributed by atoms with Crippen LogP contribution >= 0.6 is 0 Å². The van der Waals surface area contributed by atoms with Crippen molar-refractivity contribution in [3.8, 4) is 0 Å². The minimum absolute atomic E-state index is 0.0377. The van der Waals surface area contributed by atoms with Crippen LogP contribution in [0.3, 0.4) is 0 Å². The van der Waals surface area contributed by atoms with E-state index in [1.54, 1.807) is 34.1 Å². The fourth-order valence-corrected chi connectivity index (χ4v) is 5.20. The predicted molar refractivity (Wildman–Crippen MR) is 109 cm³/mol. The van der Waals surface area contributed by atoms with E-state index < -0.39 is 15.8 Å². The molecule has 2 aromatic carbocycles. The van der Waals surface area contributed by atoms with Crippen molar-refractivity contribution in [2.24, 2.45) is 0 Å². The van der Waals surface area contributed by atoms with E-state index in [0.29, 0.717) is 18.5 Å². The third-order valence-corrected chi connectivity index (χ3v) is 7.39. The van der Waals surface area contributed by atoms with Crippen molar-refractivity contribution in [2.45, 2.75) is 17.7 Å². The van der Waals surface area contributed by atoms with E-state index in [4.69, 9.17) is 0 Å². The van der Waals surface area contributed by atoms with Crippen molar-refractivity contribution in [3.63, 3.8) is 0 Å². The Morgan fingerprint density at radius 2 is 1.50 bits per heavy atom. The van der Waals surface area contributed by atoms with Gasteiger partial charge in [0.2, 0.25) is 15.9 Å². The first kappa shape index (κ1) is 20.5. The molecule has 2 amide bonds. The van der Waals surface area contributed by atoms with Crippen LogP contribution in [0.15, 0.2) is 53.4 Å². The summed E-state index contributed by atoms with van der Waals surface area (Å²) >= 11 is 0. The van der Waals surface area contributed by atoms with Crippen LogP contribution in [-0.2, 0) is 14.8 Å². The Balaban J connectivity index is 1.39. The molecule has 2 fully saturated rings. The van der Waals surface area contributed by atoms with Crippen LogP contribution in [0.2, 0.25) is 0 Å². The highest BCUT2D eigenvalue weighted by Gasteiger charge is 2.30. The number of rotatable bonds is 4. The second-order valence-electron chi connectivity index (χ2n) is 7.35. The lowest BCUT2D eigenvalue weighted by molar-refractivity contribution is -0.117. The molecule has 0 saturated carbocycles. The van der Waals surface area contributed by atoms with Gasteiger partial charge in [-0.3, -0.25) is 9.59 Å². The molecule has 30 heavy (non-hydrogen) atoms. The van der Waals surface area contributed by atoms with E-state index in [2.05, 4.69) is 0 Å². The number of carbonyl (C=O) groups excluding carboxylic acids is 2. The van der Waals surface area contributed by atoms with E-state index in [0.717, 1.165) is 24.2 Å². The second kappa shape index (κ2) is 8.16. The van der Waals surface area contributed by atoms with Gasteiger partial charge in [0, 0.05) is 50.4 Å². The van der Waals surface area contributed by atoms with E-state index >= 15 is 0 Å². The predicted octanol–water partition coefficient (Wildman–Crippen LogP) is 2.10. The van der Waals surface area contributed by atoms with Crippen molar-refractivity contribution in [1.29, 1.82) is 0 Å². The maximum absolute atomic E-state index is 13.1. The van der Waals surface area contributed by atoms with Gasteiger partial charge >= 0.3 is 0 Å². The molecule has 0 atom stereocenters. The lowest BCUT2D eigenvalue weighted by atomic mass is 10.1. The van der Waals surface area contributed by atoms with E-state index in [-0.39, 0.29) is 42.9 Å². The number of anilines is 1. The summed E-state index contributed by atoms with van der Waals surface area (Å²) in [5, 5.41) is 0. The Morgan fingerprint density at radius 3 is 2.07 bits per heavy atom. The summed E-state index contributed by atoms with van der Waals surface area (Å²) in [7, 11) is -3.72. The van der Waals surface area contributed by atoms with E-state index in [9.17, 15) is 22.4 Å². The topological polar surface area (TPSA) is 78.0 Å². The van der Waals surface area contributed by atoms with Gasteiger partial charge in [-0.1, -0.05) is 0 Å². The second-order valence-corrected chi connectivity index (χ2v) is 9.28. The van der Waals surface area contributed by atoms with Crippen LogP contribution in [0, 0.1) is 5.82 Å². The van der Waals surface area contributed by atoms with Crippen molar-refractivity contribution in [1.82, 2.24) is 9.21 Å². The highest BCUT2D eigenvalue weighted by Crippen LogP contribution is 2.23. The zero-order chi connectivity index (χ0) is 21.3. The zero-order valence-electron chi connectivity index (χ0n) is 16.3. The molecule has 0 bridgehead atoms. The number of carbonyl (C=O) groups is 2. The Labute approximate surface area is 174 Å². The summed E-state index contributed by atoms with van der Waals surface area (Å²) < 4.78 is 39.8. The Bertz CT molecular complexity index is 1050. The fraction of sp³-hybridized carbons (Fsp3) is 0.333. The van der Waals surface area contributed by atoms with Gasteiger partial charge in [-0.25, -0.2) is 12.8 Å². The zero-order valence-corrected chi connectivity index (χ0v) is 17.1. The van der Waals surface area contributed by atoms with Crippen LogP contribution in [0.5, 0.6) is 0 Å². The molecule has 4 rings (SSSR count). The van der Waals surface area contributed by atoms with Crippen LogP contribution in [0.25, 0.3) is 0 Å². The average molecular weight is 431 g/mol. The number of halogens is 1. The monoisotopic (exact) mass is 431 g/mol. The quantitative estimate of drug-likeness (QED) is 0.743. The smallest absolute Gasteiger partial charge is 0.253 e. The third kappa shape index (κ3) is 3.95. The molecular weight excluding hydrogens is 409 g/mol. The van der Waals surface area contributed by atoms with E-state index in [1.807, 2.05) is 0 Å². The summed E-state index contributed by atoms with van der Waals surface area (Å²) in [6, 6.07) is 11.7. The lowest BCUT2D eigenvalue weighted by Gasteiger charge is -2.34. The summed E-state index contributed by atoms with van der Waals surface area (Å²) in [6.07, 6.45) is 1.39. The Morgan fingerprint density at radius 1 is 0.867 bits per heavy atom. The van der Waals surface area contributed by atoms with Gasteiger partial charge in [-0.15, -0.1) is 0 Å². The first-order valence-corrected chi connectivity index (χ1v) is 11.3. The number of sulfonamides is 1. The summed E-state index contributed by atoms with van der Waals surface area (Å²) in [6.45, 7) is 1.57. The summed E-state index contributed by atoms with van der Waals surface area (Å²) in [5.41, 5.74) is 1.28. The van der Waals surface area contributed by atoms with Gasteiger partial charge in [0.1, 0.15) is 5.82 Å². The average Bonchev–Trinajstić information content (AvgIpc) is 3.19. The molecule has 0 aromatic heterocycles. The van der Waals surface area contributed by atoms with Gasteiger partial charge in [0.15, 0.2) is 0 Å². The summed E-state index contributed by atoms with van der Waals surface area (Å²) in [5.74, 6) is -0.579. The highest BCUT2D eigenvalue weighted by atomic mass is 32.2. The Hall–Kier alpha value is -2.78. The lowest BCUT2D eigenvalue weighted by Crippen LogP contribution is -2.50. The molecule has 0 unspecified atom stereocenters. The van der Waals surface area contributed by atoms with Gasteiger partial charge in [0.25, 0.3) is 5.91 Å². The van der Waals surface area contributed by atoms with Crippen molar-refractivity contribution in [2.75, 3.05) is 37.6 Å². The van der Waals surface area contributed by atoms with Crippen LogP contribution < -0.4 is 4.90 Å². The first-order valence-electron chi connectivity index (χ1n) is 9.82. The highest BCUT2D eigenvalue weighted by molar-refractivity contribution is 7.89. The molecule has 0 spiro atoms. The number of amides is 2. The van der Waals surface area contributed by atoms with Crippen molar-refractivity contribution >= 4 is 27.5 Å². The molecule has 0 N–H and O–H groups in total. The minimum Gasteiger partial charge on any atom is -0.336 e. The molecular formula is C21H22FN3O4S. The molecule has 7 nitrogen and oxygen atoms in total. The molecule has 0 aliphatic carbocycles. The standard InChI is InChI=1S/C21H22FN3O4S/c22-17-5-9-19(10-6-17)30(28,29)24-14-12-23(13-15-24)21(27)16-3-7-18(8-4-16)25-11-1-2-20(25)26/h3-10H,1-2,11-15H2. The van der Waals surface area contributed by atoms with E-state index in [1.165, 1.54) is 16.4 Å². The first-order chi connectivity index (χ1) is 14.4. The molecule has 2 aliphatic rings. The number of hydrogen-bond donors (Lipinski definition) is 0. The fourth-order valence-electron chi connectivity index (χ4n) is 3.77. The van der Waals surface area contributed by atoms with Crippen molar-refractivity contribution < 1.29 is 22.4 Å². The normalized spacial score (nSPS) is 18.1. The van der Waals surface area contributed by atoms with Crippen molar-refractivity contribution in [3.05, 3.63) is 59.9 Å². The van der Waals surface area contributed by atoms with Crippen LogP contribution in [0.1, 0.15) is 23.2 Å². The molecule has 2 heterocycles. The molecule has 0 radical (unpaired) electrons. The SMILES string of the molecule is O=C(c1ccc(N2CCCC2=O)cc1)N1CCN(S(=O)(=O)c2ccc(F)cc2)CC1. The number of piperazine rings is 1. The van der Waals surface area contributed by atoms with Gasteiger partial charge in [-0.2, -0.15) is 4.31 Å². The van der Waals surface area contributed by atoms with Gasteiger partial charge in [0.05, 0.1) is 4.90 Å². The van der Waals surface area contributed by atoms with Crippen LogP contribution in [0.4, 0.5) is 10.1 Å². The Kier molecular flexibility index (Phi) is 5.57. The number of nitrogens with zero attached hydrogens (tertiary/aromatic N) is 3. The molecule has 2 saturated heterocycles. The minimum atomic E-state index is -3.72. The van der Waals surface area contributed by atoms with Crippen LogP contribution in [-0.4, -0.2) is 62.2 Å². The number of benzene rings is 2. The largest absolute Gasteiger partial charge is 0.336 e. The molecule has 158 valence electrons. The molecule has 2 aromatic rings. The molecule has 9 heteroatoms. The summed E-state index contributed by atoms with van der Waals surface area (Å²) in [4.78, 5) is 28.0. The van der Waals surface area contributed by atoms with Gasteiger partial charge < -0.3 is 9.80 Å². The van der Waals surface area contributed by atoms with Gasteiger partial charge in [-0.05, 0) is 55.0 Å². The maximum Gasteiger partial charge on any atom is 0.253 e. The number of hydrogen-bond acceptors (Lipinski definition) is 4.